The fourth-order valence-electron chi connectivity index (χ4n) is 5.07. The van der Waals surface area contributed by atoms with Gasteiger partial charge in [-0.1, -0.05) is 39.2 Å². The van der Waals surface area contributed by atoms with Crippen LogP contribution in [-0.4, -0.2) is 64.3 Å². The maximum atomic E-state index is 13.8. The molecule has 270 valence electrons. The van der Waals surface area contributed by atoms with Crippen molar-refractivity contribution in [3.63, 3.8) is 0 Å². The summed E-state index contributed by atoms with van der Waals surface area (Å²) in [7, 11) is 1.89. The standard InChI is InChI=1S/C37H45N7O7/c1-4-6-7-10-22-49-37(48)42-35(38)26-13-16-28(17-14-26)40-24-32-41-29-23-27(15-18-30(29)43(32)3)36(47)44(31-12-8-9-20-39-31)21-19-34(46)51-25-50-33(45)11-5-2/h8-9,12-18,20,23,40H,4-7,10-11,19,21-22,24-25H2,1-3H3,(H2,38,42,48). The highest BCUT2D eigenvalue weighted by atomic mass is 16.7. The molecule has 0 bridgehead atoms. The molecule has 2 heterocycles. The number of rotatable bonds is 18. The van der Waals surface area contributed by atoms with Gasteiger partial charge >= 0.3 is 18.0 Å². The first-order chi connectivity index (χ1) is 24.7. The Morgan fingerprint density at radius 2 is 1.63 bits per heavy atom. The fraction of sp³-hybridized carbons (Fsp3) is 0.378. The van der Waals surface area contributed by atoms with Gasteiger partial charge in [0.15, 0.2) is 0 Å². The minimum Gasteiger partial charge on any atom is -0.448 e. The van der Waals surface area contributed by atoms with Crippen molar-refractivity contribution in [1.82, 2.24) is 14.5 Å². The zero-order valence-electron chi connectivity index (χ0n) is 29.3. The molecule has 0 aliphatic rings. The molecule has 4 aromatic rings. The Morgan fingerprint density at radius 3 is 2.33 bits per heavy atom. The van der Waals surface area contributed by atoms with E-state index in [0.29, 0.717) is 42.0 Å². The fourth-order valence-corrected chi connectivity index (χ4v) is 5.07. The predicted molar refractivity (Wildman–Crippen MR) is 193 cm³/mol. The van der Waals surface area contributed by atoms with Crippen LogP contribution >= 0.6 is 0 Å². The summed E-state index contributed by atoms with van der Waals surface area (Å²) in [5.74, 6) is -0.268. The third kappa shape index (κ3) is 11.4. The number of aliphatic imine (C=N–C) groups is 1. The van der Waals surface area contributed by atoms with Crippen molar-refractivity contribution in [3.8, 4) is 0 Å². The number of fused-ring (bicyclic) bond motifs is 1. The van der Waals surface area contributed by atoms with Crippen LogP contribution in [0.25, 0.3) is 11.0 Å². The average Bonchev–Trinajstić information content (AvgIpc) is 3.45. The van der Waals surface area contributed by atoms with E-state index in [1.165, 1.54) is 4.90 Å². The highest BCUT2D eigenvalue weighted by Gasteiger charge is 2.22. The number of aryl methyl sites for hydroxylation is 1. The van der Waals surface area contributed by atoms with Crippen molar-refractivity contribution in [2.45, 2.75) is 65.3 Å². The van der Waals surface area contributed by atoms with E-state index in [0.717, 1.165) is 42.7 Å². The van der Waals surface area contributed by atoms with Gasteiger partial charge in [-0.25, -0.2) is 14.8 Å². The van der Waals surface area contributed by atoms with E-state index in [1.807, 2.05) is 36.7 Å². The number of nitrogens with two attached hydrogens (primary N) is 1. The minimum absolute atomic E-state index is 0.00743. The number of amides is 2. The van der Waals surface area contributed by atoms with Crippen LogP contribution in [0.3, 0.4) is 0 Å². The van der Waals surface area contributed by atoms with E-state index < -0.39 is 24.8 Å². The van der Waals surface area contributed by atoms with Crippen molar-refractivity contribution in [2.75, 3.05) is 30.2 Å². The molecular formula is C37H45N7O7. The second-order valence-corrected chi connectivity index (χ2v) is 11.7. The number of nitrogens with zero attached hydrogens (tertiary/aromatic N) is 5. The number of esters is 2. The summed E-state index contributed by atoms with van der Waals surface area (Å²) in [4.78, 5) is 64.0. The Hall–Kier alpha value is -5.79. The van der Waals surface area contributed by atoms with Gasteiger partial charge in [0, 0.05) is 43.0 Å². The topological polar surface area (TPSA) is 180 Å². The van der Waals surface area contributed by atoms with Gasteiger partial charge in [-0.3, -0.25) is 19.3 Å². The van der Waals surface area contributed by atoms with Gasteiger partial charge in [-0.15, -0.1) is 0 Å². The second kappa shape index (κ2) is 19.4. The molecular weight excluding hydrogens is 654 g/mol. The molecule has 0 spiro atoms. The molecule has 0 atom stereocenters. The second-order valence-electron chi connectivity index (χ2n) is 11.7. The molecule has 0 saturated carbocycles. The maximum absolute atomic E-state index is 13.8. The number of imidazole rings is 1. The van der Waals surface area contributed by atoms with Crippen molar-refractivity contribution in [2.24, 2.45) is 17.8 Å². The summed E-state index contributed by atoms with van der Waals surface area (Å²) in [6.07, 6.45) is 5.58. The van der Waals surface area contributed by atoms with E-state index in [-0.39, 0.29) is 31.1 Å². The molecule has 0 aliphatic heterocycles. The summed E-state index contributed by atoms with van der Waals surface area (Å²) >= 11 is 0. The summed E-state index contributed by atoms with van der Waals surface area (Å²) in [5.41, 5.74) is 9.22. The Balaban J connectivity index is 1.38. The molecule has 2 amide bonds. The lowest BCUT2D eigenvalue weighted by atomic mass is 10.1. The van der Waals surface area contributed by atoms with Crippen LogP contribution in [0.5, 0.6) is 0 Å². The molecule has 0 unspecified atom stereocenters. The van der Waals surface area contributed by atoms with Crippen molar-refractivity contribution in [3.05, 3.63) is 83.8 Å². The molecule has 3 N–H and O–H groups in total. The molecule has 14 heteroatoms. The van der Waals surface area contributed by atoms with Crippen LogP contribution in [0.15, 0.2) is 71.9 Å². The highest BCUT2D eigenvalue weighted by Crippen LogP contribution is 2.21. The third-order valence-electron chi connectivity index (χ3n) is 7.89. The number of anilines is 2. The lowest BCUT2D eigenvalue weighted by Crippen LogP contribution is -2.34. The number of hydrogen-bond donors (Lipinski definition) is 2. The lowest BCUT2D eigenvalue weighted by Gasteiger charge is -2.21. The van der Waals surface area contributed by atoms with Gasteiger partial charge < -0.3 is 29.8 Å². The Kier molecular flexibility index (Phi) is 14.5. The molecule has 2 aromatic carbocycles. The van der Waals surface area contributed by atoms with Gasteiger partial charge in [0.2, 0.25) is 6.79 Å². The van der Waals surface area contributed by atoms with E-state index in [4.69, 9.17) is 24.9 Å². The largest absolute Gasteiger partial charge is 0.448 e. The van der Waals surface area contributed by atoms with Gasteiger partial charge in [0.05, 0.1) is 30.6 Å². The number of benzene rings is 2. The van der Waals surface area contributed by atoms with E-state index in [9.17, 15) is 19.2 Å². The van der Waals surface area contributed by atoms with E-state index in [1.54, 1.807) is 48.7 Å². The molecule has 51 heavy (non-hydrogen) atoms. The van der Waals surface area contributed by atoms with Crippen molar-refractivity contribution >= 4 is 52.3 Å². The SMILES string of the molecule is CCCCCCOC(=O)/N=C(/N)c1ccc(NCc2nc3cc(C(=O)N(CCC(=O)OCOC(=O)CCC)c4ccccn4)ccc3n2C)cc1. The number of pyridine rings is 1. The Morgan fingerprint density at radius 1 is 0.882 bits per heavy atom. The van der Waals surface area contributed by atoms with Crippen LogP contribution in [-0.2, 0) is 37.4 Å². The number of amidine groups is 1. The van der Waals surface area contributed by atoms with Gasteiger partial charge in [0.25, 0.3) is 5.91 Å². The quantitative estimate of drug-likeness (QED) is 0.0416. The lowest BCUT2D eigenvalue weighted by molar-refractivity contribution is -0.167. The molecule has 0 aliphatic carbocycles. The van der Waals surface area contributed by atoms with Crippen molar-refractivity contribution in [1.29, 1.82) is 0 Å². The number of nitrogens with one attached hydrogen (secondary N) is 1. The molecule has 0 saturated heterocycles. The van der Waals surface area contributed by atoms with E-state index in [2.05, 4.69) is 22.2 Å². The van der Waals surface area contributed by atoms with Gasteiger partial charge in [-0.2, -0.15) is 4.99 Å². The molecule has 14 nitrogen and oxygen atoms in total. The van der Waals surface area contributed by atoms with Crippen LogP contribution in [0, 0.1) is 0 Å². The monoisotopic (exact) mass is 699 g/mol. The van der Waals surface area contributed by atoms with Gasteiger partial charge in [0.1, 0.15) is 17.5 Å². The first kappa shape index (κ1) is 38.0. The zero-order chi connectivity index (χ0) is 36.6. The average molecular weight is 700 g/mol. The summed E-state index contributed by atoms with van der Waals surface area (Å²) in [6.45, 7) is 4.18. The number of unbranched alkanes of at least 4 members (excludes halogenated alkanes) is 3. The third-order valence-corrected chi connectivity index (χ3v) is 7.89. The highest BCUT2D eigenvalue weighted by molar-refractivity contribution is 6.07. The van der Waals surface area contributed by atoms with Gasteiger partial charge in [-0.05, 0) is 67.4 Å². The zero-order valence-corrected chi connectivity index (χ0v) is 29.3. The Bertz CT molecular complexity index is 1810. The number of ether oxygens (including phenoxy) is 3. The normalized spacial score (nSPS) is 11.2. The first-order valence-corrected chi connectivity index (χ1v) is 17.0. The van der Waals surface area contributed by atoms with Crippen LogP contribution in [0.4, 0.5) is 16.3 Å². The summed E-state index contributed by atoms with van der Waals surface area (Å²) in [6, 6.07) is 17.6. The molecule has 2 aromatic heterocycles. The molecule has 0 radical (unpaired) electrons. The smallest absolute Gasteiger partial charge is 0.435 e. The summed E-state index contributed by atoms with van der Waals surface area (Å²) < 4.78 is 17.0. The van der Waals surface area contributed by atoms with Crippen LogP contribution in [0.2, 0.25) is 0 Å². The maximum Gasteiger partial charge on any atom is 0.435 e. The Labute approximate surface area is 297 Å². The summed E-state index contributed by atoms with van der Waals surface area (Å²) in [5, 5.41) is 3.34. The number of carbonyl (C=O) groups excluding carboxylic acids is 4. The molecule has 4 rings (SSSR count). The minimum atomic E-state index is -0.703. The first-order valence-electron chi connectivity index (χ1n) is 17.0. The van der Waals surface area contributed by atoms with Crippen molar-refractivity contribution < 1.29 is 33.4 Å². The molecule has 0 fully saturated rings. The van der Waals surface area contributed by atoms with Crippen LogP contribution in [0.1, 0.15) is 80.5 Å². The van der Waals surface area contributed by atoms with Crippen LogP contribution < -0.4 is 16.0 Å². The number of hydrogen-bond acceptors (Lipinski definition) is 10. The van der Waals surface area contributed by atoms with E-state index >= 15 is 0 Å². The number of aromatic nitrogens is 3. The number of carbonyl (C=O) groups is 4. The predicted octanol–water partition coefficient (Wildman–Crippen LogP) is 5.88.